The van der Waals surface area contributed by atoms with Crippen molar-refractivity contribution in [3.8, 4) is 0 Å². The molecule has 2 rings (SSSR count). The second-order valence-electron chi connectivity index (χ2n) is 4.98. The Morgan fingerprint density at radius 3 is 2.41 bits per heavy atom. The van der Waals surface area contributed by atoms with Crippen LogP contribution in [0.4, 0.5) is 10.1 Å². The van der Waals surface area contributed by atoms with E-state index in [0.717, 1.165) is 30.9 Å². The fourth-order valence-corrected chi connectivity index (χ4v) is 3.22. The normalized spacial score (nSPS) is 11.4. The molecule has 0 spiro atoms. The van der Waals surface area contributed by atoms with Gasteiger partial charge in [-0.05, 0) is 48.7 Å². The van der Waals surface area contributed by atoms with Gasteiger partial charge in [0.05, 0.1) is 15.6 Å². The number of aryl methyl sites for hydroxylation is 1. The molecule has 0 heterocycles. The summed E-state index contributed by atoms with van der Waals surface area (Å²) in [6.07, 6.45) is 3.09. The zero-order valence-corrected chi connectivity index (χ0v) is 13.7. The van der Waals surface area contributed by atoms with Gasteiger partial charge in [0.1, 0.15) is 5.82 Å². The monoisotopic (exact) mass is 341 g/mol. The largest absolute Gasteiger partial charge is 0.280 e. The van der Waals surface area contributed by atoms with E-state index in [2.05, 4.69) is 11.6 Å². The van der Waals surface area contributed by atoms with Gasteiger partial charge in [0, 0.05) is 0 Å². The van der Waals surface area contributed by atoms with E-state index in [9.17, 15) is 12.8 Å². The number of anilines is 1. The number of hydrogen-bond acceptors (Lipinski definition) is 2. The van der Waals surface area contributed by atoms with E-state index in [0.29, 0.717) is 0 Å². The van der Waals surface area contributed by atoms with Crippen LogP contribution in [-0.2, 0) is 16.4 Å². The molecule has 22 heavy (non-hydrogen) atoms. The first kappa shape index (κ1) is 16.8. The second-order valence-corrected chi connectivity index (χ2v) is 7.07. The first-order valence-electron chi connectivity index (χ1n) is 6.99. The van der Waals surface area contributed by atoms with Gasteiger partial charge >= 0.3 is 0 Å². The van der Waals surface area contributed by atoms with Gasteiger partial charge in [0.2, 0.25) is 0 Å². The molecule has 2 aromatic rings. The van der Waals surface area contributed by atoms with Crippen LogP contribution in [0.1, 0.15) is 25.3 Å². The number of rotatable bonds is 6. The lowest BCUT2D eigenvalue weighted by molar-refractivity contribution is 0.601. The van der Waals surface area contributed by atoms with Crippen molar-refractivity contribution < 1.29 is 12.8 Å². The van der Waals surface area contributed by atoms with Crippen molar-refractivity contribution >= 4 is 27.3 Å². The lowest BCUT2D eigenvalue weighted by atomic mass is 10.1. The molecule has 2 aromatic carbocycles. The number of unbranched alkanes of at least 4 members (excludes halogenated alkanes) is 1. The van der Waals surface area contributed by atoms with Crippen LogP contribution in [-0.4, -0.2) is 8.42 Å². The number of benzene rings is 2. The molecule has 1 N–H and O–H groups in total. The van der Waals surface area contributed by atoms with E-state index in [1.807, 2.05) is 12.1 Å². The summed E-state index contributed by atoms with van der Waals surface area (Å²) < 4.78 is 40.0. The Bertz CT molecular complexity index is 745. The minimum absolute atomic E-state index is 0.130. The molecule has 0 aliphatic heterocycles. The topological polar surface area (TPSA) is 46.2 Å². The summed E-state index contributed by atoms with van der Waals surface area (Å²) in [6.45, 7) is 2.11. The molecule has 0 aliphatic rings. The molecule has 0 atom stereocenters. The summed E-state index contributed by atoms with van der Waals surface area (Å²) in [7, 11) is -3.71. The highest BCUT2D eigenvalue weighted by atomic mass is 35.5. The number of sulfonamides is 1. The van der Waals surface area contributed by atoms with Crippen molar-refractivity contribution in [3.63, 3.8) is 0 Å². The van der Waals surface area contributed by atoms with Gasteiger partial charge in [0.25, 0.3) is 10.0 Å². The summed E-state index contributed by atoms with van der Waals surface area (Å²) in [5.41, 5.74) is 1.33. The summed E-state index contributed by atoms with van der Waals surface area (Å²) >= 11 is 5.65. The van der Waals surface area contributed by atoms with Gasteiger partial charge in [-0.3, -0.25) is 4.72 Å². The third-order valence-electron chi connectivity index (χ3n) is 3.22. The van der Waals surface area contributed by atoms with Gasteiger partial charge in [-0.15, -0.1) is 0 Å². The maximum absolute atomic E-state index is 13.1. The van der Waals surface area contributed by atoms with Crippen molar-refractivity contribution in [2.45, 2.75) is 31.1 Å². The molecule has 0 aliphatic carbocycles. The zero-order valence-electron chi connectivity index (χ0n) is 12.1. The SMILES string of the molecule is CCCCc1ccc(S(=O)(=O)Nc2ccc(F)c(Cl)c2)cc1. The fraction of sp³-hybridized carbons (Fsp3) is 0.250. The molecule has 118 valence electrons. The van der Waals surface area contributed by atoms with Crippen molar-refractivity contribution in [1.82, 2.24) is 0 Å². The predicted molar refractivity (Wildman–Crippen MR) is 87.3 cm³/mol. The molecule has 0 fully saturated rings. The van der Waals surface area contributed by atoms with Crippen molar-refractivity contribution in [2.24, 2.45) is 0 Å². The smallest absolute Gasteiger partial charge is 0.261 e. The van der Waals surface area contributed by atoms with Gasteiger partial charge < -0.3 is 0 Å². The molecular formula is C16H17ClFNO2S. The summed E-state index contributed by atoms with van der Waals surface area (Å²) in [5, 5.41) is -0.130. The van der Waals surface area contributed by atoms with Gasteiger partial charge in [0.15, 0.2) is 0 Å². The summed E-state index contributed by atoms with van der Waals surface area (Å²) in [5.74, 6) is -0.593. The maximum atomic E-state index is 13.1. The molecule has 6 heteroatoms. The van der Waals surface area contributed by atoms with Gasteiger partial charge in [-0.25, -0.2) is 12.8 Å². The summed E-state index contributed by atoms with van der Waals surface area (Å²) in [4.78, 5) is 0.160. The third kappa shape index (κ3) is 4.21. The van der Waals surface area contributed by atoms with Crippen molar-refractivity contribution in [2.75, 3.05) is 4.72 Å². The predicted octanol–water partition coefficient (Wildman–Crippen LogP) is 4.62. The Balaban J connectivity index is 2.17. The molecule has 0 unspecified atom stereocenters. The fourth-order valence-electron chi connectivity index (χ4n) is 1.99. The second kappa shape index (κ2) is 7.11. The van der Waals surface area contributed by atoms with Crippen LogP contribution in [0.3, 0.4) is 0 Å². The Morgan fingerprint density at radius 2 is 1.82 bits per heavy atom. The third-order valence-corrected chi connectivity index (χ3v) is 4.91. The Kier molecular flexibility index (Phi) is 5.42. The maximum Gasteiger partial charge on any atom is 0.261 e. The minimum atomic E-state index is -3.71. The summed E-state index contributed by atoms with van der Waals surface area (Å²) in [6, 6.07) is 10.4. The standard InChI is InChI=1S/C16H17ClFNO2S/c1-2-3-4-12-5-8-14(9-6-12)22(20,21)19-13-7-10-16(18)15(17)11-13/h5-11,19H,2-4H2,1H3. The Morgan fingerprint density at radius 1 is 1.14 bits per heavy atom. The highest BCUT2D eigenvalue weighted by Crippen LogP contribution is 2.22. The van der Waals surface area contributed by atoms with E-state index in [4.69, 9.17) is 11.6 Å². The molecule has 0 aromatic heterocycles. The van der Waals surface area contributed by atoms with Gasteiger partial charge in [-0.2, -0.15) is 0 Å². The minimum Gasteiger partial charge on any atom is -0.280 e. The molecule has 0 radical (unpaired) electrons. The first-order valence-corrected chi connectivity index (χ1v) is 8.85. The number of hydrogen-bond donors (Lipinski definition) is 1. The highest BCUT2D eigenvalue weighted by Gasteiger charge is 2.14. The highest BCUT2D eigenvalue weighted by molar-refractivity contribution is 7.92. The van der Waals surface area contributed by atoms with E-state index in [1.54, 1.807) is 12.1 Å². The van der Waals surface area contributed by atoms with E-state index in [-0.39, 0.29) is 15.6 Å². The van der Waals surface area contributed by atoms with Crippen LogP contribution in [0, 0.1) is 5.82 Å². The van der Waals surface area contributed by atoms with E-state index in [1.165, 1.54) is 12.1 Å². The lowest BCUT2D eigenvalue weighted by Gasteiger charge is -2.09. The number of halogens is 2. The average molecular weight is 342 g/mol. The van der Waals surface area contributed by atoms with Crippen molar-refractivity contribution in [1.29, 1.82) is 0 Å². The van der Waals surface area contributed by atoms with E-state index >= 15 is 0 Å². The Labute approximate surface area is 135 Å². The molecule has 3 nitrogen and oxygen atoms in total. The quantitative estimate of drug-likeness (QED) is 0.833. The van der Waals surface area contributed by atoms with Crippen LogP contribution < -0.4 is 4.72 Å². The first-order chi connectivity index (χ1) is 10.4. The average Bonchev–Trinajstić information content (AvgIpc) is 2.49. The molecule has 0 saturated carbocycles. The lowest BCUT2D eigenvalue weighted by Crippen LogP contribution is -2.13. The Hall–Kier alpha value is -1.59. The van der Waals surface area contributed by atoms with Crippen LogP contribution in [0.15, 0.2) is 47.4 Å². The van der Waals surface area contributed by atoms with Crippen LogP contribution in [0.25, 0.3) is 0 Å². The van der Waals surface area contributed by atoms with Crippen LogP contribution in [0.5, 0.6) is 0 Å². The van der Waals surface area contributed by atoms with Crippen LogP contribution in [0.2, 0.25) is 5.02 Å². The number of nitrogens with one attached hydrogen (secondary N) is 1. The zero-order chi connectivity index (χ0) is 16.2. The molecule has 0 amide bonds. The van der Waals surface area contributed by atoms with Gasteiger partial charge in [-0.1, -0.05) is 37.1 Å². The van der Waals surface area contributed by atoms with Crippen molar-refractivity contribution in [3.05, 3.63) is 58.9 Å². The van der Waals surface area contributed by atoms with Crippen LogP contribution >= 0.6 is 11.6 Å². The van der Waals surface area contributed by atoms with E-state index < -0.39 is 15.8 Å². The molecule has 0 bridgehead atoms. The molecular weight excluding hydrogens is 325 g/mol. The molecule has 0 saturated heterocycles.